The van der Waals surface area contributed by atoms with Crippen LogP contribution in [0.5, 0.6) is 0 Å². The molecule has 4 aromatic rings. The first kappa shape index (κ1) is 16.7. The van der Waals surface area contributed by atoms with Gasteiger partial charge < -0.3 is 5.09 Å². The van der Waals surface area contributed by atoms with Gasteiger partial charge in [0.1, 0.15) is 10.7 Å². The molecule has 4 nitrogen and oxygen atoms in total. The lowest BCUT2D eigenvalue weighted by molar-refractivity contribution is 0.590. The third kappa shape index (κ3) is 3.19. The van der Waals surface area contributed by atoms with Crippen molar-refractivity contribution in [2.75, 3.05) is 5.09 Å². The number of hydrogen-bond donors (Lipinski definition) is 1. The van der Waals surface area contributed by atoms with Crippen LogP contribution in [0.3, 0.4) is 0 Å². The number of benzene rings is 3. The average molecular weight is 377 g/mol. The van der Waals surface area contributed by atoms with Crippen molar-refractivity contribution < 1.29 is 4.57 Å². The highest BCUT2D eigenvalue weighted by Crippen LogP contribution is 2.46. The van der Waals surface area contributed by atoms with Crippen LogP contribution in [0.25, 0.3) is 11.3 Å². The highest BCUT2D eigenvalue weighted by Gasteiger charge is 2.29. The van der Waals surface area contributed by atoms with Gasteiger partial charge in [0.25, 0.3) is 0 Å². The van der Waals surface area contributed by atoms with Gasteiger partial charge in [-0.25, -0.2) is 0 Å². The molecule has 0 saturated carbocycles. The molecule has 0 bridgehead atoms. The number of nitrogens with zero attached hydrogens (tertiary/aromatic N) is 2. The molecule has 0 spiro atoms. The second kappa shape index (κ2) is 7.24. The molecular formula is C20H16N3OPS. The second-order valence-electron chi connectivity index (χ2n) is 5.71. The molecule has 0 unspecified atom stereocenters. The summed E-state index contributed by atoms with van der Waals surface area (Å²) in [5.41, 5.74) is 1.65. The van der Waals surface area contributed by atoms with E-state index in [1.807, 2.05) is 91.0 Å². The topological polar surface area (TPSA) is 54.9 Å². The van der Waals surface area contributed by atoms with Gasteiger partial charge in [0, 0.05) is 27.7 Å². The minimum atomic E-state index is -3.08. The van der Waals surface area contributed by atoms with Crippen molar-refractivity contribution >= 4 is 34.4 Å². The van der Waals surface area contributed by atoms with Crippen molar-refractivity contribution in [3.8, 4) is 11.3 Å². The van der Waals surface area contributed by atoms with E-state index in [1.54, 1.807) is 0 Å². The van der Waals surface area contributed by atoms with E-state index in [0.717, 1.165) is 16.2 Å². The predicted molar refractivity (Wildman–Crippen MR) is 109 cm³/mol. The number of anilines is 1. The van der Waals surface area contributed by atoms with E-state index in [2.05, 4.69) is 14.7 Å². The molecule has 0 saturated heterocycles. The predicted octanol–water partition coefficient (Wildman–Crippen LogP) is 4.55. The van der Waals surface area contributed by atoms with Crippen LogP contribution in [0, 0.1) is 0 Å². The molecule has 0 fully saturated rings. The molecule has 0 aliphatic heterocycles. The smallest absolute Gasteiger partial charge is 0.227 e. The van der Waals surface area contributed by atoms with Gasteiger partial charge in [-0.3, -0.25) is 4.57 Å². The summed E-state index contributed by atoms with van der Waals surface area (Å²) in [6.45, 7) is 0. The van der Waals surface area contributed by atoms with Gasteiger partial charge in [-0.1, -0.05) is 71.2 Å². The van der Waals surface area contributed by atoms with Gasteiger partial charge >= 0.3 is 0 Å². The molecule has 0 amide bonds. The Morgan fingerprint density at radius 1 is 0.731 bits per heavy atom. The van der Waals surface area contributed by atoms with Gasteiger partial charge in [0.15, 0.2) is 0 Å². The largest absolute Gasteiger partial charge is 0.318 e. The SMILES string of the molecule is O=P(Nc1snnc1-c1ccccc1)(c1ccccc1)c1ccccc1. The zero-order chi connectivity index (χ0) is 17.8. The third-order valence-corrected chi connectivity index (χ3v) is 7.42. The van der Waals surface area contributed by atoms with Crippen LogP contribution in [0.4, 0.5) is 5.00 Å². The van der Waals surface area contributed by atoms with E-state index in [-0.39, 0.29) is 0 Å². The second-order valence-corrected chi connectivity index (χ2v) is 8.94. The van der Waals surface area contributed by atoms with Crippen LogP contribution >= 0.6 is 18.8 Å². The van der Waals surface area contributed by atoms with Gasteiger partial charge in [0.05, 0.1) is 0 Å². The summed E-state index contributed by atoms with van der Waals surface area (Å²) in [4.78, 5) is 0. The molecule has 1 aromatic heterocycles. The number of hydrogen-bond acceptors (Lipinski definition) is 4. The molecule has 26 heavy (non-hydrogen) atoms. The van der Waals surface area contributed by atoms with Gasteiger partial charge in [-0.05, 0) is 24.3 Å². The van der Waals surface area contributed by atoms with E-state index in [9.17, 15) is 4.57 Å². The zero-order valence-electron chi connectivity index (χ0n) is 13.8. The fourth-order valence-electron chi connectivity index (χ4n) is 2.75. The lowest BCUT2D eigenvalue weighted by atomic mass is 10.2. The Morgan fingerprint density at radius 2 is 1.23 bits per heavy atom. The van der Waals surface area contributed by atoms with Crippen LogP contribution in [0.2, 0.25) is 0 Å². The van der Waals surface area contributed by atoms with Crippen LogP contribution < -0.4 is 15.7 Å². The lowest BCUT2D eigenvalue weighted by Crippen LogP contribution is -2.21. The molecule has 1 heterocycles. The standard InChI is InChI=1S/C20H16N3OPS/c24-25(17-12-6-2-7-13-17,18-14-8-3-9-15-18)22-20-19(21-23-26-20)16-10-4-1-5-11-16/h1-15H,(H,22,24). The van der Waals surface area contributed by atoms with Crippen molar-refractivity contribution in [3.63, 3.8) is 0 Å². The zero-order valence-corrected chi connectivity index (χ0v) is 15.5. The Kier molecular flexibility index (Phi) is 4.65. The first-order valence-corrected chi connectivity index (χ1v) is 10.6. The fraction of sp³-hybridized carbons (Fsp3) is 0. The summed E-state index contributed by atoms with van der Waals surface area (Å²) >= 11 is 1.22. The summed E-state index contributed by atoms with van der Waals surface area (Å²) < 4.78 is 18.2. The van der Waals surface area contributed by atoms with Gasteiger partial charge in [0.2, 0.25) is 7.29 Å². The van der Waals surface area contributed by atoms with E-state index < -0.39 is 7.29 Å². The Balaban J connectivity index is 1.81. The Labute approximate surface area is 156 Å². The summed E-state index contributed by atoms with van der Waals surface area (Å²) in [6, 6.07) is 28.8. The molecule has 0 atom stereocenters. The normalized spacial score (nSPS) is 11.2. The summed E-state index contributed by atoms with van der Waals surface area (Å²) in [5, 5.41) is 9.73. The van der Waals surface area contributed by atoms with E-state index >= 15 is 0 Å². The summed E-state index contributed by atoms with van der Waals surface area (Å²) in [6.07, 6.45) is 0. The Hall–Kier alpha value is -2.75. The minimum Gasteiger partial charge on any atom is -0.318 e. The summed E-state index contributed by atoms with van der Waals surface area (Å²) in [7, 11) is -3.08. The first-order chi connectivity index (χ1) is 12.8. The third-order valence-electron chi connectivity index (χ3n) is 4.03. The molecule has 0 aliphatic carbocycles. The number of rotatable bonds is 5. The molecule has 6 heteroatoms. The van der Waals surface area contributed by atoms with Crippen molar-refractivity contribution in [2.45, 2.75) is 0 Å². The van der Waals surface area contributed by atoms with E-state index in [4.69, 9.17) is 0 Å². The molecular weight excluding hydrogens is 361 g/mol. The number of aromatic nitrogens is 2. The molecule has 3 aromatic carbocycles. The van der Waals surface area contributed by atoms with Crippen LogP contribution in [0.15, 0.2) is 91.0 Å². The van der Waals surface area contributed by atoms with E-state index in [0.29, 0.717) is 10.7 Å². The van der Waals surface area contributed by atoms with Crippen LogP contribution in [-0.2, 0) is 4.57 Å². The van der Waals surface area contributed by atoms with Crippen molar-refractivity contribution in [2.24, 2.45) is 0 Å². The molecule has 0 radical (unpaired) electrons. The van der Waals surface area contributed by atoms with Crippen LogP contribution in [-0.4, -0.2) is 9.59 Å². The quantitative estimate of drug-likeness (QED) is 0.519. The molecule has 4 rings (SSSR count). The number of nitrogens with one attached hydrogen (secondary N) is 1. The van der Waals surface area contributed by atoms with Gasteiger partial charge in [-0.2, -0.15) is 0 Å². The maximum atomic E-state index is 14.1. The monoisotopic (exact) mass is 377 g/mol. The van der Waals surface area contributed by atoms with Crippen molar-refractivity contribution in [1.82, 2.24) is 9.59 Å². The van der Waals surface area contributed by atoms with Gasteiger partial charge in [-0.15, -0.1) is 5.10 Å². The average Bonchev–Trinajstić information content (AvgIpc) is 3.18. The lowest BCUT2D eigenvalue weighted by Gasteiger charge is -2.20. The maximum absolute atomic E-state index is 14.1. The first-order valence-electron chi connectivity index (χ1n) is 8.15. The summed E-state index contributed by atoms with van der Waals surface area (Å²) in [5.74, 6) is 0. The Bertz CT molecular complexity index is 993. The Morgan fingerprint density at radius 3 is 1.77 bits per heavy atom. The highest BCUT2D eigenvalue weighted by atomic mass is 32.1. The maximum Gasteiger partial charge on any atom is 0.227 e. The molecule has 0 aliphatic rings. The highest BCUT2D eigenvalue weighted by molar-refractivity contribution is 7.80. The minimum absolute atomic E-state index is 0.701. The van der Waals surface area contributed by atoms with E-state index in [1.165, 1.54) is 11.5 Å². The van der Waals surface area contributed by atoms with Crippen LogP contribution in [0.1, 0.15) is 0 Å². The van der Waals surface area contributed by atoms with Crippen molar-refractivity contribution in [1.29, 1.82) is 0 Å². The fourth-order valence-corrected chi connectivity index (χ4v) is 5.88. The molecule has 128 valence electrons. The molecule has 1 N–H and O–H groups in total. The van der Waals surface area contributed by atoms with Crippen molar-refractivity contribution in [3.05, 3.63) is 91.0 Å².